The number of anilines is 2. The number of carbonyl (C=O) groups is 1. The summed E-state index contributed by atoms with van der Waals surface area (Å²) in [6, 6.07) is 16.2. The maximum atomic E-state index is 13.0. The summed E-state index contributed by atoms with van der Waals surface area (Å²) in [5, 5.41) is 25.9. The molecule has 0 saturated carbocycles. The van der Waals surface area contributed by atoms with Gasteiger partial charge in [0.05, 0.1) is 22.5 Å². The number of aromatic hydroxyl groups is 1. The molecule has 37 heavy (non-hydrogen) atoms. The summed E-state index contributed by atoms with van der Waals surface area (Å²) in [6.07, 6.45) is 2.66. The molecule has 0 bridgehead atoms. The molecular weight excluding hydrogens is 499 g/mol. The molecule has 4 aromatic rings. The molecule has 0 unspecified atom stereocenters. The topological polar surface area (TPSA) is 141 Å². The lowest BCUT2D eigenvalue weighted by molar-refractivity contribution is 0.262. The monoisotopic (exact) mass is 520 g/mol. The fraction of sp³-hybridized carbons (Fsp3) is 0.115. The van der Waals surface area contributed by atoms with E-state index in [0.717, 1.165) is 6.26 Å². The smallest absolute Gasteiger partial charge is 0.323 e. The molecule has 3 aromatic carbocycles. The number of phenols is 1. The third-order valence-electron chi connectivity index (χ3n) is 5.33. The SMILES string of the molecule is CS(=O)(=O)CCOc1cc2nccc(-c3ccc(NC(=O)Nc4ccc(F)cc4)c(O)c3)c2cc1C#N. The van der Waals surface area contributed by atoms with Crippen LogP contribution in [0.3, 0.4) is 0 Å². The Morgan fingerprint density at radius 3 is 2.54 bits per heavy atom. The van der Waals surface area contributed by atoms with Crippen molar-refractivity contribution in [1.29, 1.82) is 5.26 Å². The van der Waals surface area contributed by atoms with E-state index in [4.69, 9.17) is 4.74 Å². The summed E-state index contributed by atoms with van der Waals surface area (Å²) < 4.78 is 41.3. The van der Waals surface area contributed by atoms with Crippen LogP contribution in [0.1, 0.15) is 5.56 Å². The number of ether oxygens (including phenoxy) is 1. The third-order valence-corrected chi connectivity index (χ3v) is 6.24. The Bertz CT molecular complexity index is 1630. The first-order valence-electron chi connectivity index (χ1n) is 10.9. The van der Waals surface area contributed by atoms with Crippen LogP contribution in [0, 0.1) is 17.1 Å². The molecule has 4 rings (SSSR count). The minimum absolute atomic E-state index is 0.101. The van der Waals surface area contributed by atoms with Crippen molar-refractivity contribution in [3.8, 4) is 28.7 Å². The van der Waals surface area contributed by atoms with Gasteiger partial charge in [0, 0.05) is 29.6 Å². The van der Waals surface area contributed by atoms with Crippen LogP contribution in [0.2, 0.25) is 0 Å². The summed E-state index contributed by atoms with van der Waals surface area (Å²) >= 11 is 0. The first kappa shape index (κ1) is 25.4. The Balaban J connectivity index is 1.58. The third kappa shape index (κ3) is 6.31. The van der Waals surface area contributed by atoms with E-state index in [1.165, 1.54) is 36.4 Å². The second-order valence-electron chi connectivity index (χ2n) is 8.13. The van der Waals surface area contributed by atoms with Crippen LogP contribution in [-0.2, 0) is 9.84 Å². The van der Waals surface area contributed by atoms with Crippen molar-refractivity contribution < 1.29 is 27.4 Å². The molecule has 0 aliphatic carbocycles. The maximum absolute atomic E-state index is 13.0. The highest BCUT2D eigenvalue weighted by Gasteiger charge is 2.14. The number of aromatic nitrogens is 1. The summed E-state index contributed by atoms with van der Waals surface area (Å²) in [7, 11) is -3.22. The Kier molecular flexibility index (Phi) is 7.22. The van der Waals surface area contributed by atoms with Gasteiger partial charge in [-0.2, -0.15) is 5.26 Å². The first-order valence-corrected chi connectivity index (χ1v) is 13.0. The second-order valence-corrected chi connectivity index (χ2v) is 10.4. The number of nitrogens with one attached hydrogen (secondary N) is 2. The minimum Gasteiger partial charge on any atom is -0.506 e. The molecule has 188 valence electrons. The predicted octanol–water partition coefficient (Wildman–Crippen LogP) is 4.69. The fourth-order valence-electron chi connectivity index (χ4n) is 3.56. The van der Waals surface area contributed by atoms with Gasteiger partial charge in [-0.3, -0.25) is 4.98 Å². The van der Waals surface area contributed by atoms with Crippen molar-refractivity contribution in [3.63, 3.8) is 0 Å². The molecule has 9 nitrogen and oxygen atoms in total. The van der Waals surface area contributed by atoms with E-state index in [9.17, 15) is 28.0 Å². The van der Waals surface area contributed by atoms with Crippen LogP contribution in [0.25, 0.3) is 22.0 Å². The highest BCUT2D eigenvalue weighted by molar-refractivity contribution is 7.90. The first-order chi connectivity index (χ1) is 17.6. The summed E-state index contributed by atoms with van der Waals surface area (Å²) in [4.78, 5) is 16.6. The van der Waals surface area contributed by atoms with Crippen LogP contribution in [-0.4, -0.2) is 43.2 Å². The van der Waals surface area contributed by atoms with Gasteiger partial charge in [0.25, 0.3) is 0 Å². The van der Waals surface area contributed by atoms with Crippen LogP contribution in [0.5, 0.6) is 11.5 Å². The Hall–Kier alpha value is -4.69. The van der Waals surface area contributed by atoms with Crippen LogP contribution >= 0.6 is 0 Å². The van der Waals surface area contributed by atoms with Crippen LogP contribution in [0.4, 0.5) is 20.6 Å². The quantitative estimate of drug-likeness (QED) is 0.300. The highest BCUT2D eigenvalue weighted by atomic mass is 32.2. The van der Waals surface area contributed by atoms with E-state index < -0.39 is 21.7 Å². The average Bonchev–Trinajstić information content (AvgIpc) is 2.85. The van der Waals surface area contributed by atoms with Crippen molar-refractivity contribution in [1.82, 2.24) is 4.98 Å². The molecule has 0 spiro atoms. The molecule has 0 atom stereocenters. The summed E-state index contributed by atoms with van der Waals surface area (Å²) in [5.74, 6) is -0.596. The van der Waals surface area contributed by atoms with Crippen molar-refractivity contribution in [2.24, 2.45) is 0 Å². The van der Waals surface area contributed by atoms with Crippen molar-refractivity contribution in [3.05, 3.63) is 78.2 Å². The Morgan fingerprint density at radius 1 is 1.11 bits per heavy atom. The fourth-order valence-corrected chi connectivity index (χ4v) is 3.94. The lowest BCUT2D eigenvalue weighted by Gasteiger charge is -2.13. The number of benzene rings is 3. The molecule has 0 radical (unpaired) electrons. The van der Waals surface area contributed by atoms with Gasteiger partial charge in [-0.05, 0) is 59.7 Å². The molecule has 2 amide bonds. The molecular formula is C26H21FN4O5S. The number of fused-ring (bicyclic) bond motifs is 1. The number of pyridine rings is 1. The van der Waals surface area contributed by atoms with Gasteiger partial charge in [-0.15, -0.1) is 0 Å². The molecule has 0 fully saturated rings. The molecule has 0 aliphatic heterocycles. The number of nitrogens with zero attached hydrogens (tertiary/aromatic N) is 2. The van der Waals surface area contributed by atoms with Crippen LogP contribution in [0.15, 0.2) is 66.9 Å². The van der Waals surface area contributed by atoms with Gasteiger partial charge < -0.3 is 20.5 Å². The van der Waals surface area contributed by atoms with Crippen molar-refractivity contribution >= 4 is 38.1 Å². The number of hydrogen-bond donors (Lipinski definition) is 3. The Morgan fingerprint density at radius 2 is 1.86 bits per heavy atom. The number of sulfone groups is 1. The standard InChI is InChI=1S/C26H21FN4O5S/c1-37(34,35)11-10-36-25-14-23-21(12-17(25)15-28)20(8-9-29-23)16-2-7-22(24(32)13-16)31-26(33)30-19-5-3-18(27)4-6-19/h2-9,12-14,32H,10-11H2,1H3,(H2,30,31,33). The van der Waals surface area contributed by atoms with Gasteiger partial charge in [0.1, 0.15) is 30.0 Å². The maximum Gasteiger partial charge on any atom is 0.323 e. The zero-order valence-corrected chi connectivity index (χ0v) is 20.3. The Labute approximate surface area is 212 Å². The normalized spacial score (nSPS) is 11.1. The highest BCUT2D eigenvalue weighted by Crippen LogP contribution is 2.35. The zero-order valence-electron chi connectivity index (χ0n) is 19.5. The van der Waals surface area contributed by atoms with Gasteiger partial charge in [-0.1, -0.05) is 6.07 Å². The van der Waals surface area contributed by atoms with Gasteiger partial charge in [0.2, 0.25) is 0 Å². The number of phenolic OH excluding ortho intramolecular Hbond substituents is 1. The summed E-state index contributed by atoms with van der Waals surface area (Å²) in [5.41, 5.74) is 2.51. The van der Waals surface area contributed by atoms with E-state index in [-0.39, 0.29) is 35.1 Å². The van der Waals surface area contributed by atoms with E-state index in [2.05, 4.69) is 21.7 Å². The number of rotatable bonds is 7. The predicted molar refractivity (Wildman–Crippen MR) is 138 cm³/mol. The van der Waals surface area contributed by atoms with E-state index in [1.54, 1.807) is 30.5 Å². The van der Waals surface area contributed by atoms with E-state index in [0.29, 0.717) is 27.7 Å². The van der Waals surface area contributed by atoms with E-state index >= 15 is 0 Å². The molecule has 11 heteroatoms. The molecule has 0 saturated heterocycles. The number of nitriles is 1. The minimum atomic E-state index is -3.22. The average molecular weight is 521 g/mol. The summed E-state index contributed by atoms with van der Waals surface area (Å²) in [6.45, 7) is -0.101. The van der Waals surface area contributed by atoms with Crippen molar-refractivity contribution in [2.45, 2.75) is 0 Å². The number of urea groups is 1. The number of amides is 2. The lowest BCUT2D eigenvalue weighted by Crippen LogP contribution is -2.19. The largest absolute Gasteiger partial charge is 0.506 e. The van der Waals surface area contributed by atoms with Crippen LogP contribution < -0.4 is 15.4 Å². The lowest BCUT2D eigenvalue weighted by atomic mass is 9.99. The zero-order chi connectivity index (χ0) is 26.6. The number of hydrogen-bond acceptors (Lipinski definition) is 7. The van der Waals surface area contributed by atoms with Gasteiger partial charge >= 0.3 is 6.03 Å². The molecule has 1 heterocycles. The number of halogens is 1. The van der Waals surface area contributed by atoms with Crippen molar-refractivity contribution in [2.75, 3.05) is 29.2 Å². The van der Waals surface area contributed by atoms with E-state index in [1.807, 2.05) is 0 Å². The molecule has 0 aliphatic rings. The van der Waals surface area contributed by atoms with Gasteiger partial charge in [-0.25, -0.2) is 17.6 Å². The molecule has 3 N–H and O–H groups in total. The van der Waals surface area contributed by atoms with Gasteiger partial charge in [0.15, 0.2) is 9.84 Å². The second kappa shape index (κ2) is 10.5. The molecule has 1 aromatic heterocycles. The number of carbonyl (C=O) groups excluding carboxylic acids is 1.